The number of carbonyl (C=O) groups is 3. The van der Waals surface area contributed by atoms with Gasteiger partial charge in [-0.15, -0.1) is 0 Å². The smallest absolute Gasteiger partial charge is 0.330 e. The van der Waals surface area contributed by atoms with E-state index in [0.717, 1.165) is 24.6 Å². The van der Waals surface area contributed by atoms with Crippen LogP contribution < -0.4 is 17.0 Å². The first-order chi connectivity index (χ1) is 12.5. The molecular weight excluding hydrogens is 366 g/mol. The van der Waals surface area contributed by atoms with Crippen LogP contribution in [0.2, 0.25) is 0 Å². The van der Waals surface area contributed by atoms with Crippen LogP contribution in [0.4, 0.5) is 0 Å². The zero-order chi connectivity index (χ0) is 20.5. The van der Waals surface area contributed by atoms with Gasteiger partial charge in [-0.3, -0.25) is 28.7 Å². The van der Waals surface area contributed by atoms with Crippen molar-refractivity contribution >= 4 is 17.9 Å². The average Bonchev–Trinajstić information content (AvgIpc) is 2.87. The van der Waals surface area contributed by atoms with Crippen LogP contribution in [0, 0.1) is 6.92 Å². The first-order valence-electron chi connectivity index (χ1n) is 7.83. The number of H-pyrrole nitrogens is 1. The van der Waals surface area contributed by atoms with Gasteiger partial charge in [0.25, 0.3) is 5.56 Å². The van der Waals surface area contributed by atoms with Gasteiger partial charge in [-0.25, -0.2) is 4.79 Å². The van der Waals surface area contributed by atoms with Gasteiger partial charge >= 0.3 is 23.6 Å². The highest BCUT2D eigenvalue weighted by molar-refractivity contribution is 5.74. The van der Waals surface area contributed by atoms with Crippen molar-refractivity contribution in [1.29, 1.82) is 0 Å². The summed E-state index contributed by atoms with van der Waals surface area (Å²) in [7, 11) is 0. The maximum atomic E-state index is 12.2. The molecule has 1 aromatic rings. The predicted molar refractivity (Wildman–Crippen MR) is 86.7 cm³/mol. The van der Waals surface area contributed by atoms with Crippen molar-refractivity contribution in [2.24, 2.45) is 5.73 Å². The quantitative estimate of drug-likeness (QED) is 0.480. The number of carboxylic acid groups (broad SMARTS) is 1. The average molecular weight is 385 g/mol. The Morgan fingerprint density at radius 3 is 2.30 bits per heavy atom. The fourth-order valence-electron chi connectivity index (χ4n) is 2.74. The molecule has 1 saturated heterocycles. The lowest BCUT2D eigenvalue weighted by molar-refractivity contribution is -0.166. The van der Waals surface area contributed by atoms with Crippen LogP contribution in [0.25, 0.3) is 0 Å². The SMILES string of the molecule is CC(=O)O[C@H]1[C@@H](OC(C)=O)[C@H](n2cc(C)c(=O)[nH]c2=O)O[C@@H]1[C@H](N)C(=O)O. The molecule has 12 nitrogen and oxygen atoms in total. The van der Waals surface area contributed by atoms with Gasteiger partial charge in [0, 0.05) is 25.6 Å². The molecule has 0 aromatic carbocycles. The number of rotatable bonds is 5. The number of hydrogen-bond acceptors (Lipinski definition) is 9. The fraction of sp³-hybridized carbons (Fsp3) is 0.533. The Bertz CT molecular complexity index is 874. The highest BCUT2D eigenvalue weighted by atomic mass is 16.6. The third kappa shape index (κ3) is 4.23. The van der Waals surface area contributed by atoms with Crippen LogP contribution in [0.5, 0.6) is 0 Å². The summed E-state index contributed by atoms with van der Waals surface area (Å²) >= 11 is 0. The van der Waals surface area contributed by atoms with Crippen LogP contribution >= 0.6 is 0 Å². The number of carboxylic acids is 1. The van der Waals surface area contributed by atoms with E-state index in [-0.39, 0.29) is 5.56 Å². The minimum absolute atomic E-state index is 0.148. The maximum Gasteiger partial charge on any atom is 0.330 e. The highest BCUT2D eigenvalue weighted by Crippen LogP contribution is 2.34. The highest BCUT2D eigenvalue weighted by Gasteiger charge is 2.53. The minimum atomic E-state index is -1.64. The van der Waals surface area contributed by atoms with Crippen LogP contribution in [0.3, 0.4) is 0 Å². The van der Waals surface area contributed by atoms with Crippen molar-refractivity contribution in [2.75, 3.05) is 0 Å². The Labute approximate surface area is 151 Å². The molecule has 2 heterocycles. The van der Waals surface area contributed by atoms with E-state index >= 15 is 0 Å². The number of carbonyl (C=O) groups excluding carboxylic acids is 2. The number of hydrogen-bond donors (Lipinski definition) is 3. The Kier molecular flexibility index (Phi) is 5.81. The molecule has 0 saturated carbocycles. The van der Waals surface area contributed by atoms with E-state index in [0.29, 0.717) is 0 Å². The summed E-state index contributed by atoms with van der Waals surface area (Å²) in [4.78, 5) is 60.1. The van der Waals surface area contributed by atoms with Gasteiger partial charge < -0.3 is 25.1 Å². The standard InChI is InChI=1S/C15H19N3O9/c1-5-4-18(15(24)17-12(5)21)13-11(26-7(3)20)10(25-6(2)19)9(27-13)8(16)14(22)23/h4,8-11,13H,16H2,1-3H3,(H,22,23)(H,17,21,24)/t8-,9+,10+,11+,13+/m0/s1. The lowest BCUT2D eigenvalue weighted by Gasteiger charge is -2.24. The summed E-state index contributed by atoms with van der Waals surface area (Å²) in [5, 5.41) is 9.19. The molecule has 4 N–H and O–H groups in total. The normalized spacial score (nSPS) is 25.6. The van der Waals surface area contributed by atoms with Crippen LogP contribution in [0.1, 0.15) is 25.6 Å². The number of ether oxygens (including phenoxy) is 3. The minimum Gasteiger partial charge on any atom is -0.480 e. The molecule has 1 fully saturated rings. The Balaban J connectivity index is 2.57. The molecule has 0 spiro atoms. The first kappa shape index (κ1) is 20.3. The number of aryl methyl sites for hydroxylation is 1. The van der Waals surface area contributed by atoms with Crippen molar-refractivity contribution in [3.05, 3.63) is 32.6 Å². The second kappa shape index (κ2) is 7.72. The van der Waals surface area contributed by atoms with Crippen LogP contribution in [0.15, 0.2) is 15.8 Å². The van der Waals surface area contributed by atoms with Crippen molar-refractivity contribution in [3.63, 3.8) is 0 Å². The molecule has 0 amide bonds. The summed E-state index contributed by atoms with van der Waals surface area (Å²) < 4.78 is 16.7. The molecule has 0 unspecified atom stereocenters. The lowest BCUT2D eigenvalue weighted by Crippen LogP contribution is -2.50. The number of esters is 2. The lowest BCUT2D eigenvalue weighted by atomic mass is 10.0. The van der Waals surface area contributed by atoms with Crippen molar-refractivity contribution in [3.8, 4) is 0 Å². The molecule has 148 valence electrons. The number of nitrogens with one attached hydrogen (secondary N) is 1. The van der Waals surface area contributed by atoms with E-state index in [2.05, 4.69) is 4.98 Å². The van der Waals surface area contributed by atoms with Gasteiger partial charge in [0.05, 0.1) is 0 Å². The zero-order valence-corrected chi connectivity index (χ0v) is 14.7. The zero-order valence-electron chi connectivity index (χ0n) is 14.7. The molecule has 27 heavy (non-hydrogen) atoms. The summed E-state index contributed by atoms with van der Waals surface area (Å²) in [6.07, 6.45) is -4.40. The molecule has 2 rings (SSSR count). The molecular formula is C15H19N3O9. The molecule has 5 atom stereocenters. The maximum absolute atomic E-state index is 12.2. The fourth-order valence-corrected chi connectivity index (χ4v) is 2.74. The Morgan fingerprint density at radius 2 is 1.78 bits per heavy atom. The van der Waals surface area contributed by atoms with E-state index in [1.54, 1.807) is 0 Å². The van der Waals surface area contributed by atoms with E-state index in [1.807, 2.05) is 0 Å². The van der Waals surface area contributed by atoms with Gasteiger partial charge in [-0.2, -0.15) is 0 Å². The first-order valence-corrected chi connectivity index (χ1v) is 7.83. The molecule has 0 bridgehead atoms. The predicted octanol–water partition coefficient (Wildman–Crippen LogP) is -1.98. The van der Waals surface area contributed by atoms with Gasteiger partial charge in [-0.1, -0.05) is 0 Å². The van der Waals surface area contributed by atoms with E-state index in [1.165, 1.54) is 6.92 Å². The third-order valence-electron chi connectivity index (χ3n) is 3.89. The summed E-state index contributed by atoms with van der Waals surface area (Å²) in [5.41, 5.74) is 4.24. The summed E-state index contributed by atoms with van der Waals surface area (Å²) in [5.74, 6) is -3.04. The van der Waals surface area contributed by atoms with Gasteiger partial charge in [0.1, 0.15) is 12.1 Å². The van der Waals surface area contributed by atoms with Crippen molar-refractivity contribution < 1.29 is 33.7 Å². The van der Waals surface area contributed by atoms with Crippen LogP contribution in [-0.2, 0) is 28.6 Å². The van der Waals surface area contributed by atoms with Crippen molar-refractivity contribution in [1.82, 2.24) is 9.55 Å². The van der Waals surface area contributed by atoms with E-state index in [4.69, 9.17) is 19.9 Å². The molecule has 0 aliphatic carbocycles. The summed E-state index contributed by atoms with van der Waals surface area (Å²) in [6, 6.07) is -1.64. The second-order valence-corrected chi connectivity index (χ2v) is 5.98. The summed E-state index contributed by atoms with van der Waals surface area (Å²) in [6.45, 7) is 3.57. The largest absolute Gasteiger partial charge is 0.480 e. The number of aromatic amines is 1. The number of nitrogens with two attached hydrogens (primary N) is 1. The number of aliphatic carboxylic acids is 1. The Morgan fingerprint density at radius 1 is 1.22 bits per heavy atom. The second-order valence-electron chi connectivity index (χ2n) is 5.98. The van der Waals surface area contributed by atoms with Gasteiger partial charge in [0.15, 0.2) is 18.4 Å². The monoisotopic (exact) mass is 385 g/mol. The van der Waals surface area contributed by atoms with E-state index < -0.39 is 59.7 Å². The van der Waals surface area contributed by atoms with E-state index in [9.17, 15) is 29.1 Å². The molecule has 1 aliphatic heterocycles. The number of aromatic nitrogens is 2. The van der Waals surface area contributed by atoms with Crippen molar-refractivity contribution in [2.45, 2.75) is 51.4 Å². The van der Waals surface area contributed by atoms with Gasteiger partial charge in [-0.05, 0) is 6.92 Å². The molecule has 0 radical (unpaired) electrons. The topological polar surface area (TPSA) is 180 Å². The number of nitrogens with zero attached hydrogens (tertiary/aromatic N) is 1. The molecule has 1 aliphatic rings. The van der Waals surface area contributed by atoms with Gasteiger partial charge in [0.2, 0.25) is 0 Å². The third-order valence-corrected chi connectivity index (χ3v) is 3.89. The van der Waals surface area contributed by atoms with Crippen LogP contribution in [-0.4, -0.2) is 56.9 Å². The molecule has 1 aromatic heterocycles. The Hall–Kier alpha value is -2.99. The molecule has 12 heteroatoms.